The minimum atomic E-state index is -3.29. The van der Waals surface area contributed by atoms with Gasteiger partial charge in [0.2, 0.25) is 10.0 Å². The van der Waals surface area contributed by atoms with Gasteiger partial charge in [0.25, 0.3) is 0 Å². The lowest BCUT2D eigenvalue weighted by atomic mass is 10.2. The minimum Gasteiger partial charge on any atom is -0.395 e. The highest BCUT2D eigenvalue weighted by molar-refractivity contribution is 7.89. The first kappa shape index (κ1) is 13.2. The summed E-state index contributed by atoms with van der Waals surface area (Å²) in [5.74, 6) is 0. The Balaban J connectivity index is 2.11. The zero-order valence-electron chi connectivity index (χ0n) is 9.84. The molecular weight excluding hydrogens is 244 g/mol. The summed E-state index contributed by atoms with van der Waals surface area (Å²) in [6, 6.07) is -0.413. The van der Waals surface area contributed by atoms with Crippen LogP contribution in [0, 0.1) is 0 Å². The van der Waals surface area contributed by atoms with Gasteiger partial charge in [-0.3, -0.25) is 0 Å². The van der Waals surface area contributed by atoms with Gasteiger partial charge in [-0.15, -0.1) is 0 Å². The van der Waals surface area contributed by atoms with E-state index in [4.69, 9.17) is 4.74 Å². The van der Waals surface area contributed by atoms with Crippen LogP contribution in [0.1, 0.15) is 12.8 Å². The van der Waals surface area contributed by atoms with Crippen LogP contribution in [0.3, 0.4) is 0 Å². The molecule has 1 unspecified atom stereocenters. The predicted molar refractivity (Wildman–Crippen MR) is 63.2 cm³/mol. The molecule has 100 valence electrons. The molecular formula is C10H20N2O4S. The third-order valence-electron chi connectivity index (χ3n) is 3.42. The first-order valence-corrected chi connectivity index (χ1v) is 7.56. The summed E-state index contributed by atoms with van der Waals surface area (Å²) in [6.07, 6.45) is 1.30. The van der Waals surface area contributed by atoms with Crippen LogP contribution in [0.15, 0.2) is 0 Å². The smallest absolute Gasteiger partial charge is 0.217 e. The van der Waals surface area contributed by atoms with Crippen LogP contribution in [-0.4, -0.2) is 68.6 Å². The van der Waals surface area contributed by atoms with Crippen LogP contribution in [0.5, 0.6) is 0 Å². The molecule has 2 saturated heterocycles. The lowest BCUT2D eigenvalue weighted by molar-refractivity contribution is 0.0103. The number of nitrogens with zero attached hydrogens (tertiary/aromatic N) is 1. The van der Waals surface area contributed by atoms with Gasteiger partial charge >= 0.3 is 0 Å². The van der Waals surface area contributed by atoms with Gasteiger partial charge in [-0.25, -0.2) is 8.42 Å². The molecule has 2 N–H and O–H groups in total. The van der Waals surface area contributed by atoms with Crippen molar-refractivity contribution < 1.29 is 18.3 Å². The molecule has 0 bridgehead atoms. The van der Waals surface area contributed by atoms with E-state index in [1.54, 1.807) is 0 Å². The molecule has 17 heavy (non-hydrogen) atoms. The van der Waals surface area contributed by atoms with Crippen LogP contribution < -0.4 is 5.32 Å². The Bertz CT molecular complexity index is 340. The molecule has 1 atom stereocenters. The number of sulfonamides is 1. The second-order valence-corrected chi connectivity index (χ2v) is 6.68. The Kier molecular flexibility index (Phi) is 4.37. The van der Waals surface area contributed by atoms with E-state index < -0.39 is 16.1 Å². The molecule has 0 saturated carbocycles. The van der Waals surface area contributed by atoms with Gasteiger partial charge in [-0.2, -0.15) is 4.31 Å². The zero-order chi connectivity index (χ0) is 12.3. The number of nitrogens with one attached hydrogen (secondary N) is 1. The van der Waals surface area contributed by atoms with Crippen LogP contribution in [0.2, 0.25) is 0 Å². The molecule has 0 aromatic carbocycles. The Labute approximate surface area is 102 Å². The molecule has 2 rings (SSSR count). The molecule has 0 spiro atoms. The van der Waals surface area contributed by atoms with Crippen molar-refractivity contribution in [2.24, 2.45) is 0 Å². The van der Waals surface area contributed by atoms with Gasteiger partial charge in [0.05, 0.1) is 31.1 Å². The maximum absolute atomic E-state index is 12.4. The highest BCUT2D eigenvalue weighted by Gasteiger charge is 2.38. The fraction of sp³-hybridized carbons (Fsp3) is 1.00. The molecule has 6 nitrogen and oxygen atoms in total. The van der Waals surface area contributed by atoms with Crippen LogP contribution in [0.25, 0.3) is 0 Å². The number of hydrogen-bond donors (Lipinski definition) is 2. The topological polar surface area (TPSA) is 78.9 Å². The second kappa shape index (κ2) is 5.62. The average Bonchev–Trinajstić information content (AvgIpc) is 2.39. The van der Waals surface area contributed by atoms with Crippen molar-refractivity contribution in [1.29, 1.82) is 0 Å². The van der Waals surface area contributed by atoms with Crippen molar-refractivity contribution in [2.45, 2.75) is 24.1 Å². The van der Waals surface area contributed by atoms with Crippen LogP contribution >= 0.6 is 0 Å². The molecule has 2 heterocycles. The predicted octanol–water partition coefficient (Wildman–Crippen LogP) is -1.24. The van der Waals surface area contributed by atoms with E-state index in [-0.39, 0.29) is 11.9 Å². The molecule has 2 fully saturated rings. The maximum atomic E-state index is 12.4. The van der Waals surface area contributed by atoms with Crippen molar-refractivity contribution in [3.05, 3.63) is 0 Å². The Hall–Kier alpha value is -0.210. The summed E-state index contributed by atoms with van der Waals surface area (Å²) in [5.41, 5.74) is 0. The summed E-state index contributed by atoms with van der Waals surface area (Å²) >= 11 is 0. The van der Waals surface area contributed by atoms with Crippen molar-refractivity contribution in [1.82, 2.24) is 9.62 Å². The molecule has 2 aliphatic heterocycles. The van der Waals surface area contributed by atoms with E-state index >= 15 is 0 Å². The number of morpholine rings is 1. The Morgan fingerprint density at radius 1 is 1.35 bits per heavy atom. The van der Waals surface area contributed by atoms with E-state index in [0.717, 1.165) is 13.1 Å². The van der Waals surface area contributed by atoms with E-state index in [1.807, 2.05) is 0 Å². The summed E-state index contributed by atoms with van der Waals surface area (Å²) in [4.78, 5) is 0. The van der Waals surface area contributed by atoms with Crippen molar-refractivity contribution in [2.75, 3.05) is 39.5 Å². The lowest BCUT2D eigenvalue weighted by Crippen LogP contribution is -2.54. The van der Waals surface area contributed by atoms with Crippen molar-refractivity contribution in [3.8, 4) is 0 Å². The molecule has 0 aromatic rings. The van der Waals surface area contributed by atoms with Crippen molar-refractivity contribution >= 4 is 10.0 Å². The van der Waals surface area contributed by atoms with Crippen LogP contribution in [0.4, 0.5) is 0 Å². The molecule has 2 aliphatic rings. The van der Waals surface area contributed by atoms with E-state index in [2.05, 4.69) is 5.32 Å². The standard InChI is InChI=1S/C10H20N2O4S/c13-7-9-8-16-6-5-12(9)17(14,15)10-1-3-11-4-2-10/h9-11,13H,1-8H2. The molecule has 0 aromatic heterocycles. The molecule has 0 amide bonds. The third-order valence-corrected chi connectivity index (χ3v) is 5.87. The largest absolute Gasteiger partial charge is 0.395 e. The minimum absolute atomic E-state index is 0.176. The Morgan fingerprint density at radius 2 is 2.06 bits per heavy atom. The summed E-state index contributed by atoms with van der Waals surface area (Å²) in [6.45, 7) is 2.39. The average molecular weight is 264 g/mol. The van der Waals surface area contributed by atoms with Gasteiger partial charge in [0.15, 0.2) is 0 Å². The number of rotatable bonds is 3. The Morgan fingerprint density at radius 3 is 2.71 bits per heavy atom. The number of piperidine rings is 1. The number of aliphatic hydroxyl groups excluding tert-OH is 1. The van der Waals surface area contributed by atoms with Crippen LogP contribution in [-0.2, 0) is 14.8 Å². The van der Waals surface area contributed by atoms with Gasteiger partial charge in [0, 0.05) is 6.54 Å². The summed E-state index contributed by atoms with van der Waals surface area (Å²) in [5, 5.41) is 12.1. The van der Waals surface area contributed by atoms with Gasteiger partial charge in [0.1, 0.15) is 0 Å². The lowest BCUT2D eigenvalue weighted by Gasteiger charge is -2.37. The summed E-state index contributed by atoms with van der Waals surface area (Å²) < 4.78 is 31.5. The highest BCUT2D eigenvalue weighted by atomic mass is 32.2. The SMILES string of the molecule is O=S(=O)(C1CCNCC1)N1CCOCC1CO. The third kappa shape index (κ3) is 2.79. The van der Waals surface area contributed by atoms with Gasteiger partial charge in [-0.1, -0.05) is 0 Å². The monoisotopic (exact) mass is 264 g/mol. The van der Waals surface area contributed by atoms with E-state index in [0.29, 0.717) is 32.6 Å². The van der Waals surface area contributed by atoms with Gasteiger partial charge < -0.3 is 15.2 Å². The normalized spacial score (nSPS) is 29.4. The first-order chi connectivity index (χ1) is 8.16. The zero-order valence-corrected chi connectivity index (χ0v) is 10.7. The fourth-order valence-electron chi connectivity index (χ4n) is 2.40. The highest BCUT2D eigenvalue weighted by Crippen LogP contribution is 2.21. The fourth-order valence-corrected chi connectivity index (χ4v) is 4.49. The number of aliphatic hydroxyl groups is 1. The molecule has 0 aliphatic carbocycles. The first-order valence-electron chi connectivity index (χ1n) is 6.06. The number of hydrogen-bond acceptors (Lipinski definition) is 5. The van der Waals surface area contributed by atoms with Crippen molar-refractivity contribution in [3.63, 3.8) is 0 Å². The maximum Gasteiger partial charge on any atom is 0.217 e. The quantitative estimate of drug-likeness (QED) is 0.667. The van der Waals surface area contributed by atoms with Gasteiger partial charge in [-0.05, 0) is 25.9 Å². The molecule has 0 radical (unpaired) electrons. The molecule has 7 heteroatoms. The number of ether oxygens (including phenoxy) is 1. The van der Waals surface area contributed by atoms with E-state index in [9.17, 15) is 13.5 Å². The second-order valence-electron chi connectivity index (χ2n) is 4.52. The summed E-state index contributed by atoms with van der Waals surface area (Å²) in [7, 11) is -3.29. The van der Waals surface area contributed by atoms with E-state index in [1.165, 1.54) is 4.31 Å².